The lowest BCUT2D eigenvalue weighted by atomic mass is 10.0. The molecule has 1 unspecified atom stereocenters. The lowest BCUT2D eigenvalue weighted by Gasteiger charge is -2.23. The third kappa shape index (κ3) is 3.72. The van der Waals surface area contributed by atoms with Gasteiger partial charge in [0.25, 0.3) is 5.91 Å². The summed E-state index contributed by atoms with van der Waals surface area (Å²) in [5, 5.41) is 11.1. The molecule has 1 aliphatic heterocycles. The number of fused-ring (bicyclic) bond motifs is 1. The second-order valence-corrected chi connectivity index (χ2v) is 7.80. The molecule has 1 aliphatic rings. The van der Waals surface area contributed by atoms with E-state index in [2.05, 4.69) is 15.7 Å². The summed E-state index contributed by atoms with van der Waals surface area (Å²) in [6, 6.07) is 9.89. The maximum absolute atomic E-state index is 13.2. The number of carbonyl (C=O) groups is 2. The minimum atomic E-state index is -0.170. The molecule has 150 valence electrons. The molecule has 1 atom stereocenters. The second kappa shape index (κ2) is 7.66. The Balaban J connectivity index is 1.78. The van der Waals surface area contributed by atoms with Crippen molar-refractivity contribution in [2.75, 3.05) is 6.54 Å². The SMILES string of the molecule is Cc1ccccc1-c1cc(C(=O)NC2CCC(=O)NC2)c2cnn(C(C)C)c2n1. The van der Waals surface area contributed by atoms with Crippen molar-refractivity contribution in [1.82, 2.24) is 25.4 Å². The summed E-state index contributed by atoms with van der Waals surface area (Å²) < 4.78 is 1.84. The van der Waals surface area contributed by atoms with Gasteiger partial charge in [-0.2, -0.15) is 5.10 Å². The van der Waals surface area contributed by atoms with Crippen LogP contribution in [0.15, 0.2) is 36.5 Å². The number of hydrogen-bond acceptors (Lipinski definition) is 4. The average Bonchev–Trinajstić information content (AvgIpc) is 3.13. The van der Waals surface area contributed by atoms with Gasteiger partial charge in [0.15, 0.2) is 5.65 Å². The standard InChI is InChI=1S/C22H25N5O2/c1-13(2)27-21-18(12-24-27)17(22(29)25-15-8-9-20(28)23-11-15)10-19(26-21)16-7-5-4-6-14(16)3/h4-7,10,12-13,15H,8-9,11H2,1-3H3,(H,23,28)(H,25,29). The quantitative estimate of drug-likeness (QED) is 0.716. The van der Waals surface area contributed by atoms with Crippen LogP contribution in [0.3, 0.4) is 0 Å². The van der Waals surface area contributed by atoms with Crippen LogP contribution in [0.25, 0.3) is 22.3 Å². The van der Waals surface area contributed by atoms with Gasteiger partial charge in [-0.1, -0.05) is 24.3 Å². The van der Waals surface area contributed by atoms with E-state index >= 15 is 0 Å². The number of aromatic nitrogens is 3. The molecule has 0 radical (unpaired) electrons. The van der Waals surface area contributed by atoms with Crippen LogP contribution in [0.5, 0.6) is 0 Å². The molecule has 7 nitrogen and oxygen atoms in total. The largest absolute Gasteiger partial charge is 0.354 e. The topological polar surface area (TPSA) is 88.9 Å². The fraction of sp³-hybridized carbons (Fsp3) is 0.364. The number of hydrogen-bond donors (Lipinski definition) is 2. The van der Waals surface area contributed by atoms with E-state index in [-0.39, 0.29) is 23.9 Å². The van der Waals surface area contributed by atoms with Gasteiger partial charge in [0.1, 0.15) is 0 Å². The van der Waals surface area contributed by atoms with Crippen molar-refractivity contribution in [3.63, 3.8) is 0 Å². The number of aryl methyl sites for hydroxylation is 1. The molecule has 4 rings (SSSR count). The first-order valence-electron chi connectivity index (χ1n) is 9.96. The van der Waals surface area contributed by atoms with Crippen molar-refractivity contribution < 1.29 is 9.59 Å². The van der Waals surface area contributed by atoms with Gasteiger partial charge in [-0.05, 0) is 38.8 Å². The van der Waals surface area contributed by atoms with Crippen LogP contribution in [0, 0.1) is 6.92 Å². The van der Waals surface area contributed by atoms with Gasteiger partial charge < -0.3 is 10.6 Å². The van der Waals surface area contributed by atoms with Crippen LogP contribution >= 0.6 is 0 Å². The second-order valence-electron chi connectivity index (χ2n) is 7.80. The molecule has 2 N–H and O–H groups in total. The Morgan fingerprint density at radius 1 is 1.31 bits per heavy atom. The highest BCUT2D eigenvalue weighted by molar-refractivity contribution is 6.06. The molecule has 1 fully saturated rings. The Morgan fingerprint density at radius 3 is 2.79 bits per heavy atom. The van der Waals surface area contributed by atoms with E-state index in [9.17, 15) is 9.59 Å². The molecule has 29 heavy (non-hydrogen) atoms. The zero-order valence-electron chi connectivity index (χ0n) is 16.9. The van der Waals surface area contributed by atoms with Gasteiger partial charge in [-0.25, -0.2) is 9.67 Å². The number of nitrogens with zero attached hydrogens (tertiary/aromatic N) is 3. The fourth-order valence-corrected chi connectivity index (χ4v) is 3.70. The van der Waals surface area contributed by atoms with Crippen molar-refractivity contribution in [3.8, 4) is 11.3 Å². The van der Waals surface area contributed by atoms with Gasteiger partial charge in [-0.15, -0.1) is 0 Å². The minimum Gasteiger partial charge on any atom is -0.354 e. The van der Waals surface area contributed by atoms with Gasteiger partial charge in [0.05, 0.1) is 22.8 Å². The van der Waals surface area contributed by atoms with Crippen LogP contribution in [0.4, 0.5) is 0 Å². The van der Waals surface area contributed by atoms with E-state index in [1.807, 2.05) is 55.8 Å². The average molecular weight is 391 g/mol. The molecule has 0 spiro atoms. The van der Waals surface area contributed by atoms with Gasteiger partial charge in [-0.3, -0.25) is 9.59 Å². The fourth-order valence-electron chi connectivity index (χ4n) is 3.70. The molecule has 3 aromatic rings. The van der Waals surface area contributed by atoms with Gasteiger partial charge in [0.2, 0.25) is 5.91 Å². The molecular formula is C22H25N5O2. The van der Waals surface area contributed by atoms with Gasteiger partial charge in [0, 0.05) is 30.6 Å². The number of benzene rings is 1. The van der Waals surface area contributed by atoms with Crippen LogP contribution in [0.1, 0.15) is 48.7 Å². The molecule has 0 bridgehead atoms. The Labute approximate surface area is 169 Å². The molecule has 2 aromatic heterocycles. The van der Waals surface area contributed by atoms with E-state index < -0.39 is 0 Å². The molecule has 2 amide bonds. The first-order chi connectivity index (χ1) is 13.9. The molecular weight excluding hydrogens is 366 g/mol. The van der Waals surface area contributed by atoms with Crippen molar-refractivity contribution in [1.29, 1.82) is 0 Å². The summed E-state index contributed by atoms with van der Waals surface area (Å²) >= 11 is 0. The van der Waals surface area contributed by atoms with E-state index in [0.717, 1.165) is 22.2 Å². The Hall–Kier alpha value is -3.22. The molecule has 1 aromatic carbocycles. The molecule has 0 saturated carbocycles. The summed E-state index contributed by atoms with van der Waals surface area (Å²) in [6.07, 6.45) is 2.78. The Morgan fingerprint density at radius 2 is 2.10 bits per heavy atom. The number of carbonyl (C=O) groups excluding carboxylic acids is 2. The monoisotopic (exact) mass is 391 g/mol. The van der Waals surface area contributed by atoms with Crippen molar-refractivity contribution in [3.05, 3.63) is 47.7 Å². The summed E-state index contributed by atoms with van der Waals surface area (Å²) in [7, 11) is 0. The number of rotatable bonds is 4. The normalized spacial score (nSPS) is 16.8. The Kier molecular flexibility index (Phi) is 5.05. The van der Waals surface area contributed by atoms with Crippen molar-refractivity contribution in [2.45, 2.75) is 45.7 Å². The highest BCUT2D eigenvalue weighted by atomic mass is 16.2. The zero-order valence-corrected chi connectivity index (χ0v) is 16.9. The smallest absolute Gasteiger partial charge is 0.252 e. The Bertz CT molecular complexity index is 1080. The summed E-state index contributed by atoms with van der Waals surface area (Å²) in [6.45, 7) is 6.57. The predicted molar refractivity (Wildman–Crippen MR) is 112 cm³/mol. The third-order valence-electron chi connectivity index (χ3n) is 5.32. The number of nitrogens with one attached hydrogen (secondary N) is 2. The molecule has 0 aliphatic carbocycles. The summed E-state index contributed by atoms with van der Waals surface area (Å²) in [5.41, 5.74) is 4.08. The predicted octanol–water partition coefficient (Wildman–Crippen LogP) is 3.00. The van der Waals surface area contributed by atoms with Crippen LogP contribution < -0.4 is 10.6 Å². The molecule has 3 heterocycles. The zero-order chi connectivity index (χ0) is 20.5. The summed E-state index contributed by atoms with van der Waals surface area (Å²) in [5.74, 6) is -0.140. The first-order valence-corrected chi connectivity index (χ1v) is 9.96. The van der Waals surface area contributed by atoms with E-state index in [4.69, 9.17) is 4.98 Å². The van der Waals surface area contributed by atoms with E-state index in [1.165, 1.54) is 0 Å². The van der Waals surface area contributed by atoms with Gasteiger partial charge >= 0.3 is 0 Å². The lowest BCUT2D eigenvalue weighted by molar-refractivity contribution is -0.122. The van der Waals surface area contributed by atoms with Crippen LogP contribution in [-0.4, -0.2) is 39.2 Å². The number of amides is 2. The molecule has 7 heteroatoms. The van der Waals surface area contributed by atoms with E-state index in [0.29, 0.717) is 30.6 Å². The number of pyridine rings is 1. The van der Waals surface area contributed by atoms with E-state index in [1.54, 1.807) is 6.20 Å². The molecule has 1 saturated heterocycles. The highest BCUT2D eigenvalue weighted by Crippen LogP contribution is 2.28. The minimum absolute atomic E-state index is 0.0295. The third-order valence-corrected chi connectivity index (χ3v) is 5.32. The van der Waals surface area contributed by atoms with Crippen LogP contribution in [0.2, 0.25) is 0 Å². The first kappa shape index (κ1) is 19.1. The number of piperidine rings is 1. The lowest BCUT2D eigenvalue weighted by Crippen LogP contribution is -2.47. The highest BCUT2D eigenvalue weighted by Gasteiger charge is 2.23. The summed E-state index contributed by atoms with van der Waals surface area (Å²) in [4.78, 5) is 29.4. The van der Waals surface area contributed by atoms with Crippen LogP contribution in [-0.2, 0) is 4.79 Å². The van der Waals surface area contributed by atoms with Crippen molar-refractivity contribution >= 4 is 22.8 Å². The maximum Gasteiger partial charge on any atom is 0.252 e. The maximum atomic E-state index is 13.2. The van der Waals surface area contributed by atoms with Crippen molar-refractivity contribution in [2.24, 2.45) is 0 Å².